The molecule has 2 heterocycles. The van der Waals surface area contributed by atoms with Gasteiger partial charge in [-0.2, -0.15) is 0 Å². The second-order valence-electron chi connectivity index (χ2n) is 4.39. The number of halogens is 1. The van der Waals surface area contributed by atoms with E-state index in [1.54, 1.807) is 54.8 Å². The number of hydrogen-bond donors (Lipinski definition) is 0. The largest absolute Gasteiger partial charge is 0.465 e. The van der Waals surface area contributed by atoms with E-state index in [0.29, 0.717) is 19.9 Å². The Hall–Kier alpha value is -1.82. The smallest absolute Gasteiger partial charge is 0.270 e. The normalized spacial score (nSPS) is 17.1. The number of rotatable bonds is 3. The Morgan fingerprint density at radius 1 is 1.23 bits per heavy atom. The molecule has 0 bridgehead atoms. The lowest BCUT2D eigenvalue weighted by atomic mass is 10.3. The fourth-order valence-electron chi connectivity index (χ4n) is 1.91. The van der Waals surface area contributed by atoms with Crippen molar-refractivity contribution in [2.24, 2.45) is 0 Å². The van der Waals surface area contributed by atoms with Crippen molar-refractivity contribution in [2.75, 3.05) is 4.90 Å². The van der Waals surface area contributed by atoms with Crippen LogP contribution in [-0.4, -0.2) is 10.2 Å². The number of anilines is 1. The quantitative estimate of drug-likeness (QED) is 0.584. The maximum Gasteiger partial charge on any atom is 0.270 e. The first kappa shape index (κ1) is 15.1. The molecular weight excluding hydrogens is 338 g/mol. The number of amides is 1. The molecular formula is C16H10ClNO2S2. The molecule has 1 saturated heterocycles. The van der Waals surface area contributed by atoms with Crippen LogP contribution in [-0.2, 0) is 4.79 Å². The molecule has 6 heteroatoms. The Bertz CT molecular complexity index is 764. The summed E-state index contributed by atoms with van der Waals surface area (Å²) in [5.74, 6) is 0.589. The van der Waals surface area contributed by atoms with Gasteiger partial charge in [-0.05, 0) is 48.6 Å². The summed E-state index contributed by atoms with van der Waals surface area (Å²) in [4.78, 5) is 14.5. The minimum Gasteiger partial charge on any atom is -0.465 e. The maximum absolute atomic E-state index is 12.5. The van der Waals surface area contributed by atoms with E-state index in [-0.39, 0.29) is 5.91 Å². The number of thiocarbonyl (C=S) groups is 1. The minimum atomic E-state index is -0.138. The minimum absolute atomic E-state index is 0.138. The molecule has 2 aromatic rings. The van der Waals surface area contributed by atoms with Gasteiger partial charge < -0.3 is 4.42 Å². The molecule has 0 atom stereocenters. The van der Waals surface area contributed by atoms with Gasteiger partial charge in [0.25, 0.3) is 5.91 Å². The van der Waals surface area contributed by atoms with Crippen LogP contribution in [0.3, 0.4) is 0 Å². The van der Waals surface area contributed by atoms with E-state index in [4.69, 9.17) is 28.2 Å². The van der Waals surface area contributed by atoms with Gasteiger partial charge in [0.1, 0.15) is 5.76 Å². The van der Waals surface area contributed by atoms with E-state index < -0.39 is 0 Å². The zero-order chi connectivity index (χ0) is 15.5. The highest BCUT2D eigenvalue weighted by atomic mass is 35.5. The van der Waals surface area contributed by atoms with Crippen LogP contribution in [0.4, 0.5) is 5.69 Å². The average Bonchev–Trinajstić information content (AvgIpc) is 3.10. The van der Waals surface area contributed by atoms with E-state index in [0.717, 1.165) is 5.76 Å². The predicted octanol–water partition coefficient (Wildman–Crippen LogP) is 4.90. The first-order valence-corrected chi connectivity index (χ1v) is 7.99. The van der Waals surface area contributed by atoms with E-state index in [2.05, 4.69) is 0 Å². The van der Waals surface area contributed by atoms with Gasteiger partial charge >= 0.3 is 0 Å². The number of allylic oxidation sites excluding steroid dienone is 2. The maximum atomic E-state index is 12.5. The third-order valence-electron chi connectivity index (χ3n) is 2.93. The zero-order valence-corrected chi connectivity index (χ0v) is 13.6. The summed E-state index contributed by atoms with van der Waals surface area (Å²) in [6.45, 7) is 0. The zero-order valence-electron chi connectivity index (χ0n) is 11.2. The highest BCUT2D eigenvalue weighted by molar-refractivity contribution is 8.27. The molecule has 0 N–H and O–H groups in total. The van der Waals surface area contributed by atoms with Crippen molar-refractivity contribution in [1.82, 2.24) is 0 Å². The fourth-order valence-corrected chi connectivity index (χ4v) is 3.29. The summed E-state index contributed by atoms with van der Waals surface area (Å²) in [7, 11) is 0. The van der Waals surface area contributed by atoms with Gasteiger partial charge in [-0.3, -0.25) is 9.69 Å². The number of carbonyl (C=O) groups excluding carboxylic acids is 1. The van der Waals surface area contributed by atoms with Crippen LogP contribution in [0.1, 0.15) is 5.76 Å². The van der Waals surface area contributed by atoms with Gasteiger partial charge in [0.05, 0.1) is 16.9 Å². The van der Waals surface area contributed by atoms with Crippen molar-refractivity contribution in [2.45, 2.75) is 0 Å². The Morgan fingerprint density at radius 2 is 2.00 bits per heavy atom. The lowest BCUT2D eigenvalue weighted by molar-refractivity contribution is -0.113. The summed E-state index contributed by atoms with van der Waals surface area (Å²) < 4.78 is 5.70. The molecule has 0 radical (unpaired) electrons. The number of thioether (sulfide) groups is 1. The van der Waals surface area contributed by atoms with Crippen molar-refractivity contribution in [1.29, 1.82) is 0 Å². The van der Waals surface area contributed by atoms with Crippen molar-refractivity contribution in [3.63, 3.8) is 0 Å². The van der Waals surface area contributed by atoms with Crippen LogP contribution in [0.2, 0.25) is 5.02 Å². The summed E-state index contributed by atoms with van der Waals surface area (Å²) in [5.41, 5.74) is 0.713. The van der Waals surface area contributed by atoms with Crippen LogP contribution in [0.5, 0.6) is 0 Å². The van der Waals surface area contributed by atoms with Gasteiger partial charge in [-0.1, -0.05) is 41.7 Å². The predicted molar refractivity (Wildman–Crippen MR) is 95.0 cm³/mol. The Balaban J connectivity index is 1.80. The van der Waals surface area contributed by atoms with Crippen LogP contribution in [0.15, 0.2) is 64.1 Å². The first-order valence-electron chi connectivity index (χ1n) is 6.39. The molecule has 1 aliphatic rings. The topological polar surface area (TPSA) is 33.5 Å². The third-order valence-corrected chi connectivity index (χ3v) is 4.50. The molecule has 1 fully saturated rings. The van der Waals surface area contributed by atoms with E-state index >= 15 is 0 Å². The monoisotopic (exact) mass is 347 g/mol. The Labute approximate surface area is 142 Å². The SMILES string of the molecule is O=C1/C(=C\C=C\c2ccco2)SC(=S)N1c1ccc(Cl)cc1. The molecule has 0 aliphatic carbocycles. The summed E-state index contributed by atoms with van der Waals surface area (Å²) in [6.07, 6.45) is 6.89. The molecule has 1 aromatic heterocycles. The highest BCUT2D eigenvalue weighted by Crippen LogP contribution is 2.35. The van der Waals surface area contributed by atoms with Crippen LogP contribution in [0.25, 0.3) is 6.08 Å². The van der Waals surface area contributed by atoms with Crippen LogP contribution < -0.4 is 4.90 Å². The van der Waals surface area contributed by atoms with Crippen molar-refractivity contribution in [3.8, 4) is 0 Å². The van der Waals surface area contributed by atoms with Crippen molar-refractivity contribution >= 4 is 57.6 Å². The van der Waals surface area contributed by atoms with Crippen molar-refractivity contribution in [3.05, 3.63) is 70.5 Å². The van der Waals surface area contributed by atoms with Crippen LogP contribution >= 0.6 is 35.6 Å². The summed E-state index contributed by atoms with van der Waals surface area (Å²) >= 11 is 12.4. The average molecular weight is 348 g/mol. The molecule has 1 aliphatic heterocycles. The third kappa shape index (κ3) is 3.16. The van der Waals surface area contributed by atoms with E-state index in [9.17, 15) is 4.79 Å². The number of furan rings is 1. The van der Waals surface area contributed by atoms with E-state index in [1.807, 2.05) is 6.07 Å². The molecule has 3 rings (SSSR count). The molecule has 110 valence electrons. The number of carbonyl (C=O) groups is 1. The second kappa shape index (κ2) is 6.52. The van der Waals surface area contributed by atoms with Crippen LogP contribution in [0, 0.1) is 0 Å². The second-order valence-corrected chi connectivity index (χ2v) is 6.50. The standard InChI is InChI=1S/C16H10ClNO2S2/c17-11-6-8-12(9-7-11)18-15(19)14(22-16(18)21)5-1-3-13-4-2-10-20-13/h1-10H/b3-1+,14-5+. The Morgan fingerprint density at radius 3 is 2.68 bits per heavy atom. The molecule has 0 unspecified atom stereocenters. The van der Waals surface area contributed by atoms with E-state index in [1.165, 1.54) is 16.7 Å². The summed E-state index contributed by atoms with van der Waals surface area (Å²) in [5, 5.41) is 0.617. The van der Waals surface area contributed by atoms with Gasteiger partial charge in [-0.15, -0.1) is 0 Å². The summed E-state index contributed by atoms with van der Waals surface area (Å²) in [6, 6.07) is 10.7. The molecule has 3 nitrogen and oxygen atoms in total. The lowest BCUT2D eigenvalue weighted by Crippen LogP contribution is -2.27. The molecule has 0 saturated carbocycles. The molecule has 0 spiro atoms. The van der Waals surface area contributed by atoms with Crippen molar-refractivity contribution < 1.29 is 9.21 Å². The van der Waals surface area contributed by atoms with Gasteiger partial charge in [0, 0.05) is 5.02 Å². The lowest BCUT2D eigenvalue weighted by Gasteiger charge is -2.14. The fraction of sp³-hybridized carbons (Fsp3) is 0. The Kier molecular flexibility index (Phi) is 4.47. The first-order chi connectivity index (χ1) is 10.6. The number of benzene rings is 1. The highest BCUT2D eigenvalue weighted by Gasteiger charge is 2.32. The molecule has 1 amide bonds. The number of hydrogen-bond acceptors (Lipinski definition) is 4. The molecule has 1 aromatic carbocycles. The van der Waals surface area contributed by atoms with Gasteiger partial charge in [0.15, 0.2) is 4.32 Å². The molecule has 22 heavy (non-hydrogen) atoms. The van der Waals surface area contributed by atoms with Gasteiger partial charge in [-0.25, -0.2) is 0 Å². The van der Waals surface area contributed by atoms with Gasteiger partial charge in [0.2, 0.25) is 0 Å². The number of nitrogens with zero attached hydrogens (tertiary/aromatic N) is 1.